The quantitative estimate of drug-likeness (QED) is 0.518. The molecule has 3 rings (SSSR count). The van der Waals surface area contributed by atoms with Crippen LogP contribution in [0, 0.1) is 0 Å². The summed E-state index contributed by atoms with van der Waals surface area (Å²) in [4.78, 5) is 17.7. The molecule has 2 N–H and O–H groups in total. The van der Waals surface area contributed by atoms with Crippen molar-refractivity contribution in [3.8, 4) is 0 Å². The molecule has 0 fully saturated rings. The van der Waals surface area contributed by atoms with Gasteiger partial charge in [0.1, 0.15) is 11.4 Å². The minimum Gasteiger partial charge on any atom is -0.411 e. The first-order valence-corrected chi connectivity index (χ1v) is 8.13. The Morgan fingerprint density at radius 2 is 2.29 bits per heavy atom. The molecule has 0 spiro atoms. The molecular formula is C14H13N3O2S2. The second kappa shape index (κ2) is 5.87. The lowest BCUT2D eigenvalue weighted by molar-refractivity contribution is -0.115. The van der Waals surface area contributed by atoms with Crippen molar-refractivity contribution in [1.82, 2.24) is 4.98 Å². The van der Waals surface area contributed by atoms with Gasteiger partial charge in [-0.2, -0.15) is 0 Å². The molecule has 21 heavy (non-hydrogen) atoms. The van der Waals surface area contributed by atoms with Crippen molar-refractivity contribution in [2.75, 3.05) is 5.32 Å². The van der Waals surface area contributed by atoms with Crippen LogP contribution in [0.1, 0.15) is 18.2 Å². The third-order valence-electron chi connectivity index (χ3n) is 3.19. The Labute approximate surface area is 130 Å². The lowest BCUT2D eigenvalue weighted by atomic mass is 10.1. The third kappa shape index (κ3) is 2.93. The van der Waals surface area contributed by atoms with E-state index in [0.717, 1.165) is 6.42 Å². The lowest BCUT2D eigenvalue weighted by Gasteiger charge is -2.07. The molecule has 1 aliphatic heterocycles. The number of benzene rings is 1. The maximum absolute atomic E-state index is 12.3. The molecule has 1 unspecified atom stereocenters. The lowest BCUT2D eigenvalue weighted by Crippen LogP contribution is -2.24. The summed E-state index contributed by atoms with van der Waals surface area (Å²) in [5, 5.41) is 16.8. The van der Waals surface area contributed by atoms with Gasteiger partial charge in [0.25, 0.3) is 0 Å². The Balaban J connectivity index is 1.67. The van der Waals surface area contributed by atoms with Crippen molar-refractivity contribution in [3.05, 3.63) is 40.9 Å². The fraction of sp³-hybridized carbons (Fsp3) is 0.214. The number of rotatable bonds is 3. The summed E-state index contributed by atoms with van der Waals surface area (Å²) in [5.41, 5.74) is 2.21. The maximum atomic E-state index is 12.3. The number of carbonyl (C=O) groups excluding carboxylic acids is 1. The molecule has 1 aliphatic rings. The number of thioether (sulfide) groups is 1. The number of hydrogen-bond acceptors (Lipinski definition) is 6. The van der Waals surface area contributed by atoms with Crippen LogP contribution in [0.5, 0.6) is 0 Å². The average molecular weight is 319 g/mol. The average Bonchev–Trinajstić information content (AvgIpc) is 3.12. The predicted octanol–water partition coefficient (Wildman–Crippen LogP) is 3.00. The van der Waals surface area contributed by atoms with Crippen molar-refractivity contribution in [2.45, 2.75) is 23.5 Å². The van der Waals surface area contributed by atoms with Crippen LogP contribution >= 0.6 is 23.1 Å². The number of anilines is 1. The van der Waals surface area contributed by atoms with Gasteiger partial charge < -0.3 is 10.5 Å². The van der Waals surface area contributed by atoms with Crippen molar-refractivity contribution in [1.29, 1.82) is 0 Å². The highest BCUT2D eigenvalue weighted by Gasteiger charge is 2.28. The van der Waals surface area contributed by atoms with E-state index in [1.165, 1.54) is 21.8 Å². The Hall–Kier alpha value is -1.86. The zero-order valence-electron chi connectivity index (χ0n) is 11.2. The van der Waals surface area contributed by atoms with Gasteiger partial charge in [-0.25, -0.2) is 4.98 Å². The van der Waals surface area contributed by atoms with Gasteiger partial charge in [0.15, 0.2) is 5.13 Å². The summed E-state index contributed by atoms with van der Waals surface area (Å²) < 4.78 is 0. The van der Waals surface area contributed by atoms with Gasteiger partial charge in [0.2, 0.25) is 5.91 Å². The normalized spacial score (nSPS) is 17.6. The van der Waals surface area contributed by atoms with E-state index in [0.29, 0.717) is 16.5 Å². The monoisotopic (exact) mass is 319 g/mol. The van der Waals surface area contributed by atoms with Gasteiger partial charge in [0.05, 0.1) is 5.25 Å². The highest BCUT2D eigenvalue weighted by Crippen LogP contribution is 2.37. The summed E-state index contributed by atoms with van der Waals surface area (Å²) in [5.74, 6) is -0.0457. The van der Waals surface area contributed by atoms with Gasteiger partial charge in [-0.1, -0.05) is 23.4 Å². The molecule has 0 aliphatic carbocycles. The predicted molar refractivity (Wildman–Crippen MR) is 84.5 cm³/mol. The molecule has 108 valence electrons. The number of amides is 1. The zero-order chi connectivity index (χ0) is 14.8. The number of nitrogens with zero attached hydrogens (tertiary/aromatic N) is 2. The highest BCUT2D eigenvalue weighted by atomic mass is 32.2. The topological polar surface area (TPSA) is 74.6 Å². The molecule has 0 bridgehead atoms. The second-order valence-corrected chi connectivity index (χ2v) is 6.73. The van der Waals surface area contributed by atoms with E-state index in [1.54, 1.807) is 24.1 Å². The minimum absolute atomic E-state index is 0.0457. The number of fused-ring (bicyclic) bond motifs is 1. The maximum Gasteiger partial charge on any atom is 0.239 e. The summed E-state index contributed by atoms with van der Waals surface area (Å²) in [6, 6.07) is 8.06. The molecule has 1 aromatic carbocycles. The number of thiazole rings is 1. The van der Waals surface area contributed by atoms with Crippen molar-refractivity contribution in [2.24, 2.45) is 5.16 Å². The molecule has 0 radical (unpaired) electrons. The van der Waals surface area contributed by atoms with Crippen LogP contribution in [0.25, 0.3) is 0 Å². The number of aromatic nitrogens is 1. The summed E-state index contributed by atoms with van der Waals surface area (Å²) in [6.07, 6.45) is 0.738. The number of carbonyl (C=O) groups is 1. The van der Waals surface area contributed by atoms with Crippen molar-refractivity contribution in [3.63, 3.8) is 0 Å². The molecule has 2 heterocycles. The van der Waals surface area contributed by atoms with Crippen molar-refractivity contribution < 1.29 is 10.0 Å². The number of nitrogens with one attached hydrogen (secondary N) is 1. The second-order valence-electron chi connectivity index (χ2n) is 4.63. The Kier molecular flexibility index (Phi) is 3.94. The summed E-state index contributed by atoms with van der Waals surface area (Å²) in [7, 11) is 0. The van der Waals surface area contributed by atoms with Crippen LogP contribution in [0.2, 0.25) is 0 Å². The van der Waals surface area contributed by atoms with E-state index in [1.807, 2.05) is 18.2 Å². The summed E-state index contributed by atoms with van der Waals surface area (Å²) >= 11 is 2.90. The van der Waals surface area contributed by atoms with Crippen LogP contribution in [0.4, 0.5) is 5.13 Å². The number of oxime groups is 1. The van der Waals surface area contributed by atoms with Gasteiger partial charge in [-0.3, -0.25) is 4.79 Å². The molecule has 1 atom stereocenters. The van der Waals surface area contributed by atoms with Crippen LogP contribution in [0.15, 0.2) is 39.7 Å². The van der Waals surface area contributed by atoms with E-state index in [-0.39, 0.29) is 11.2 Å². The van der Waals surface area contributed by atoms with Crippen LogP contribution in [-0.2, 0) is 11.2 Å². The SMILES string of the molecule is CC(=NO)c1csc(NC(=O)C2Cc3ccccc3S2)n1. The molecular weight excluding hydrogens is 306 g/mol. The van der Waals surface area contributed by atoms with E-state index in [2.05, 4.69) is 21.5 Å². The first-order valence-electron chi connectivity index (χ1n) is 6.37. The van der Waals surface area contributed by atoms with E-state index in [4.69, 9.17) is 5.21 Å². The Morgan fingerprint density at radius 1 is 1.48 bits per heavy atom. The largest absolute Gasteiger partial charge is 0.411 e. The first kappa shape index (κ1) is 14.1. The molecule has 7 heteroatoms. The molecule has 2 aromatic rings. The fourth-order valence-electron chi connectivity index (χ4n) is 2.06. The summed E-state index contributed by atoms with van der Waals surface area (Å²) in [6.45, 7) is 1.66. The molecule has 1 amide bonds. The van der Waals surface area contributed by atoms with E-state index in [9.17, 15) is 4.79 Å². The molecule has 5 nitrogen and oxygen atoms in total. The Bertz CT molecular complexity index is 687. The van der Waals surface area contributed by atoms with Gasteiger partial charge >= 0.3 is 0 Å². The smallest absolute Gasteiger partial charge is 0.239 e. The van der Waals surface area contributed by atoms with E-state index >= 15 is 0 Å². The van der Waals surface area contributed by atoms with Crippen molar-refractivity contribution >= 4 is 39.8 Å². The minimum atomic E-state index is -0.123. The van der Waals surface area contributed by atoms with Crippen LogP contribution in [-0.4, -0.2) is 27.1 Å². The van der Waals surface area contributed by atoms with Crippen LogP contribution in [0.3, 0.4) is 0 Å². The Morgan fingerprint density at radius 3 is 3.05 bits per heavy atom. The van der Waals surface area contributed by atoms with Gasteiger partial charge in [-0.15, -0.1) is 23.1 Å². The third-order valence-corrected chi connectivity index (χ3v) is 5.27. The number of hydrogen-bond donors (Lipinski definition) is 2. The van der Waals surface area contributed by atoms with E-state index < -0.39 is 0 Å². The molecule has 0 saturated carbocycles. The van der Waals surface area contributed by atoms with Crippen LogP contribution < -0.4 is 5.32 Å². The first-order chi connectivity index (χ1) is 10.2. The molecule has 0 saturated heterocycles. The van der Waals surface area contributed by atoms with Gasteiger partial charge in [0, 0.05) is 10.3 Å². The molecule has 1 aromatic heterocycles. The zero-order valence-corrected chi connectivity index (χ0v) is 12.9. The fourth-order valence-corrected chi connectivity index (χ4v) is 4.02. The van der Waals surface area contributed by atoms with Gasteiger partial charge in [-0.05, 0) is 25.0 Å². The standard InChI is InChI=1S/C14H13N3O2S2/c1-8(17-19)10-7-20-14(15-10)16-13(18)12-6-9-4-2-3-5-11(9)21-12/h2-5,7,12,19H,6H2,1H3,(H,15,16,18). The highest BCUT2D eigenvalue weighted by molar-refractivity contribution is 8.01.